The molecule has 0 fully saturated rings. The lowest BCUT2D eigenvalue weighted by atomic mass is 9.94. The minimum Gasteiger partial charge on any atom is -0.497 e. The van der Waals surface area contributed by atoms with Gasteiger partial charge >= 0.3 is 0 Å². The number of rotatable bonds is 1. The van der Waals surface area contributed by atoms with E-state index in [1.54, 1.807) is 7.11 Å². The van der Waals surface area contributed by atoms with Gasteiger partial charge < -0.3 is 14.4 Å². The molecule has 0 saturated heterocycles. The summed E-state index contributed by atoms with van der Waals surface area (Å²) in [5.74, 6) is 0.888. The molecule has 1 aromatic heterocycles. The second kappa shape index (κ2) is 4.35. The smallest absolute Gasteiger partial charge is 0.119 e. The molecule has 104 valence electrons. The van der Waals surface area contributed by atoms with E-state index in [9.17, 15) is 5.11 Å². The minimum absolute atomic E-state index is 0.394. The molecule has 1 atom stereocenters. The Morgan fingerprint density at radius 3 is 3.10 bits per heavy atom. The summed E-state index contributed by atoms with van der Waals surface area (Å²) < 4.78 is 7.61. The zero-order valence-corrected chi connectivity index (χ0v) is 11.6. The Morgan fingerprint density at radius 1 is 1.35 bits per heavy atom. The van der Waals surface area contributed by atoms with E-state index in [1.807, 2.05) is 6.07 Å². The molecule has 1 aromatic carbocycles. The van der Waals surface area contributed by atoms with Crippen LogP contribution in [0.15, 0.2) is 23.2 Å². The van der Waals surface area contributed by atoms with E-state index in [2.05, 4.69) is 21.7 Å². The van der Waals surface area contributed by atoms with Crippen molar-refractivity contribution in [3.05, 3.63) is 29.5 Å². The molecule has 0 bridgehead atoms. The number of nitrogens with zero attached hydrogens (tertiary/aromatic N) is 2. The van der Waals surface area contributed by atoms with Crippen molar-refractivity contribution in [2.24, 2.45) is 4.99 Å². The van der Waals surface area contributed by atoms with Gasteiger partial charge in [-0.25, -0.2) is 0 Å². The molecule has 4 nitrogen and oxygen atoms in total. The van der Waals surface area contributed by atoms with Crippen LogP contribution in [0.25, 0.3) is 10.9 Å². The molecule has 0 unspecified atom stereocenters. The van der Waals surface area contributed by atoms with Gasteiger partial charge in [-0.15, -0.1) is 0 Å². The maximum absolute atomic E-state index is 10.1. The number of ether oxygens (including phenoxy) is 1. The van der Waals surface area contributed by atoms with Gasteiger partial charge in [0.25, 0.3) is 0 Å². The largest absolute Gasteiger partial charge is 0.497 e. The fourth-order valence-electron chi connectivity index (χ4n) is 3.49. The topological polar surface area (TPSA) is 46.8 Å². The molecule has 1 N–H and O–H groups in total. The Hall–Kier alpha value is -1.81. The van der Waals surface area contributed by atoms with Gasteiger partial charge in [0.05, 0.1) is 37.7 Å². The lowest BCUT2D eigenvalue weighted by Gasteiger charge is -2.16. The summed E-state index contributed by atoms with van der Waals surface area (Å²) in [6.07, 6.45) is 2.85. The van der Waals surface area contributed by atoms with Gasteiger partial charge in [0, 0.05) is 10.9 Å². The van der Waals surface area contributed by atoms with Crippen molar-refractivity contribution < 1.29 is 9.84 Å². The van der Waals surface area contributed by atoms with Crippen LogP contribution < -0.4 is 4.74 Å². The molecule has 0 amide bonds. The van der Waals surface area contributed by atoms with E-state index in [0.717, 1.165) is 30.7 Å². The number of hydrogen-bond acceptors (Lipinski definition) is 3. The van der Waals surface area contributed by atoms with Gasteiger partial charge in [-0.1, -0.05) is 0 Å². The Kier molecular flexibility index (Phi) is 2.60. The molecule has 2 heterocycles. The van der Waals surface area contributed by atoms with Crippen molar-refractivity contribution in [1.29, 1.82) is 0 Å². The molecule has 1 aliphatic heterocycles. The lowest BCUT2D eigenvalue weighted by Crippen LogP contribution is -2.18. The highest BCUT2D eigenvalue weighted by Gasteiger charge is 2.27. The minimum atomic E-state index is -0.394. The Bertz CT molecular complexity index is 715. The van der Waals surface area contributed by atoms with Crippen LogP contribution in [0, 0.1) is 0 Å². The normalized spacial score (nSPS) is 21.3. The third-order valence-electron chi connectivity index (χ3n) is 4.38. The average molecular weight is 270 g/mol. The molecular weight excluding hydrogens is 252 g/mol. The predicted octanol–water partition coefficient (Wildman–Crippen LogP) is 2.15. The van der Waals surface area contributed by atoms with Crippen LogP contribution in [0.3, 0.4) is 0 Å². The van der Waals surface area contributed by atoms with Crippen LogP contribution in [-0.2, 0) is 13.0 Å². The lowest BCUT2D eigenvalue weighted by molar-refractivity contribution is 0.166. The van der Waals surface area contributed by atoms with Crippen LogP contribution >= 0.6 is 0 Å². The van der Waals surface area contributed by atoms with Crippen molar-refractivity contribution >= 4 is 16.6 Å². The number of aryl methyl sites for hydroxylation is 1. The van der Waals surface area contributed by atoms with Crippen LogP contribution in [0.4, 0.5) is 0 Å². The maximum Gasteiger partial charge on any atom is 0.119 e. The van der Waals surface area contributed by atoms with Gasteiger partial charge in [0.15, 0.2) is 0 Å². The molecule has 0 saturated carbocycles. The van der Waals surface area contributed by atoms with E-state index in [4.69, 9.17) is 4.74 Å². The van der Waals surface area contributed by atoms with E-state index in [0.29, 0.717) is 13.1 Å². The van der Waals surface area contributed by atoms with E-state index >= 15 is 0 Å². The van der Waals surface area contributed by atoms with Gasteiger partial charge in [-0.3, -0.25) is 4.99 Å². The molecule has 4 rings (SSSR count). The number of aliphatic hydroxyl groups is 1. The number of aliphatic hydroxyl groups excluding tert-OH is 1. The number of aliphatic imine (C=N–C) groups is 1. The monoisotopic (exact) mass is 270 g/mol. The molecule has 0 spiro atoms. The fraction of sp³-hybridized carbons (Fsp3) is 0.438. The molecule has 4 heteroatoms. The van der Waals surface area contributed by atoms with E-state index in [1.165, 1.54) is 22.2 Å². The first kappa shape index (κ1) is 12.0. The quantitative estimate of drug-likeness (QED) is 0.863. The summed E-state index contributed by atoms with van der Waals surface area (Å²) in [6.45, 7) is 1.15. The predicted molar refractivity (Wildman–Crippen MR) is 78.8 cm³/mol. The summed E-state index contributed by atoms with van der Waals surface area (Å²) in [5, 5.41) is 11.3. The Balaban J connectivity index is 2.06. The van der Waals surface area contributed by atoms with Gasteiger partial charge in [-0.2, -0.15) is 0 Å². The average Bonchev–Trinajstić information content (AvgIpc) is 2.67. The molecule has 1 aliphatic carbocycles. The number of aromatic nitrogens is 1. The fourth-order valence-corrected chi connectivity index (χ4v) is 3.49. The second-order valence-electron chi connectivity index (χ2n) is 5.62. The zero-order valence-electron chi connectivity index (χ0n) is 11.6. The third-order valence-corrected chi connectivity index (χ3v) is 4.38. The Labute approximate surface area is 117 Å². The van der Waals surface area contributed by atoms with Crippen LogP contribution in [-0.4, -0.2) is 35.1 Å². The van der Waals surface area contributed by atoms with Crippen molar-refractivity contribution in [2.45, 2.75) is 31.9 Å². The number of hydrogen-bond donors (Lipinski definition) is 1. The first-order valence-corrected chi connectivity index (χ1v) is 7.19. The van der Waals surface area contributed by atoms with Crippen molar-refractivity contribution in [3.63, 3.8) is 0 Å². The van der Waals surface area contributed by atoms with Crippen LogP contribution in [0.5, 0.6) is 5.75 Å². The maximum atomic E-state index is 10.1. The standard InChI is InChI=1S/C16H18N2O2/c1-20-11-5-6-15-13(7-11)12-3-2-4-14-16(12)18(15)9-10(19)8-17-14/h5-7,10,19H,2-4,8-9H2,1H3/t10-/m0/s1. The molecule has 2 aromatic rings. The number of methoxy groups -OCH3 is 1. The van der Waals surface area contributed by atoms with Crippen molar-refractivity contribution in [1.82, 2.24) is 4.57 Å². The van der Waals surface area contributed by atoms with Crippen LogP contribution in [0.2, 0.25) is 0 Å². The summed E-state index contributed by atoms with van der Waals surface area (Å²) in [5.41, 5.74) is 4.97. The van der Waals surface area contributed by atoms with E-state index in [-0.39, 0.29) is 0 Å². The third kappa shape index (κ3) is 1.61. The number of fused-ring (bicyclic) bond motifs is 3. The zero-order chi connectivity index (χ0) is 13.7. The van der Waals surface area contributed by atoms with Gasteiger partial charge in [0.2, 0.25) is 0 Å². The summed E-state index contributed by atoms with van der Waals surface area (Å²) in [4.78, 5) is 4.63. The Morgan fingerprint density at radius 2 is 2.25 bits per heavy atom. The molecular formula is C16H18N2O2. The highest BCUT2D eigenvalue weighted by Crippen LogP contribution is 2.35. The first-order valence-electron chi connectivity index (χ1n) is 7.19. The summed E-state index contributed by atoms with van der Waals surface area (Å²) in [7, 11) is 1.70. The molecule has 2 aliphatic rings. The second-order valence-corrected chi connectivity index (χ2v) is 5.62. The molecule has 20 heavy (non-hydrogen) atoms. The highest BCUT2D eigenvalue weighted by molar-refractivity contribution is 6.07. The highest BCUT2D eigenvalue weighted by atomic mass is 16.5. The van der Waals surface area contributed by atoms with Crippen molar-refractivity contribution in [2.75, 3.05) is 13.7 Å². The summed E-state index contributed by atoms with van der Waals surface area (Å²) >= 11 is 0. The number of benzene rings is 1. The SMILES string of the molecule is COc1ccc2c(c1)c1c3n2C[C@@H](O)CN=C3CCC1. The van der Waals surface area contributed by atoms with Crippen LogP contribution in [0.1, 0.15) is 24.1 Å². The molecule has 0 radical (unpaired) electrons. The van der Waals surface area contributed by atoms with Crippen molar-refractivity contribution in [3.8, 4) is 5.75 Å². The summed E-state index contributed by atoms with van der Waals surface area (Å²) in [6, 6.07) is 6.20. The van der Waals surface area contributed by atoms with Gasteiger partial charge in [0.1, 0.15) is 5.75 Å². The van der Waals surface area contributed by atoms with Gasteiger partial charge in [-0.05, 0) is 43.0 Å². The van der Waals surface area contributed by atoms with E-state index < -0.39 is 6.10 Å². The first-order chi connectivity index (χ1) is 9.78.